The number of hydrogen-bond acceptors (Lipinski definition) is 2. The zero-order valence-electron chi connectivity index (χ0n) is 7.32. The molecule has 0 aromatic heterocycles. The van der Waals surface area contributed by atoms with Crippen molar-refractivity contribution in [1.82, 2.24) is 0 Å². The van der Waals surface area contributed by atoms with Gasteiger partial charge in [0.2, 0.25) is 9.84 Å². The normalized spacial score (nSPS) is 18.1. The molecule has 1 aliphatic rings. The average Bonchev–Trinajstić information content (AvgIpc) is 2.39. The summed E-state index contributed by atoms with van der Waals surface area (Å²) in [5.41, 5.74) is 0.819. The smallest absolute Gasteiger partial charge is 0.203 e. The summed E-state index contributed by atoms with van der Waals surface area (Å²) in [6.07, 6.45) is 2.32. The Balaban J connectivity index is 2.72. The molecule has 0 N–H and O–H groups in total. The third-order valence-electron chi connectivity index (χ3n) is 2.22. The standard InChI is InChI=1S/C10H10O2S/c1-2-9-7-8-5-3-4-6-10(8)13(9,11)12/h3-7H,2H2,1H3. The van der Waals surface area contributed by atoms with E-state index in [4.69, 9.17) is 0 Å². The van der Waals surface area contributed by atoms with Crippen LogP contribution in [0.25, 0.3) is 6.08 Å². The molecular weight excluding hydrogens is 184 g/mol. The number of rotatable bonds is 1. The van der Waals surface area contributed by atoms with E-state index in [1.54, 1.807) is 18.2 Å². The van der Waals surface area contributed by atoms with Crippen LogP contribution in [0, 0.1) is 0 Å². The van der Waals surface area contributed by atoms with Gasteiger partial charge in [-0.2, -0.15) is 0 Å². The Morgan fingerprint density at radius 3 is 2.54 bits per heavy atom. The third-order valence-corrected chi connectivity index (χ3v) is 4.27. The number of hydrogen-bond donors (Lipinski definition) is 0. The second-order valence-corrected chi connectivity index (χ2v) is 4.98. The molecule has 0 saturated heterocycles. The lowest BCUT2D eigenvalue weighted by molar-refractivity contribution is 0.602. The summed E-state index contributed by atoms with van der Waals surface area (Å²) in [5, 5.41) is 0. The Bertz CT molecular complexity index is 469. The van der Waals surface area contributed by atoms with E-state index in [0.29, 0.717) is 16.2 Å². The van der Waals surface area contributed by atoms with Crippen LogP contribution in [0.5, 0.6) is 0 Å². The van der Waals surface area contributed by atoms with Crippen LogP contribution in [-0.2, 0) is 9.84 Å². The van der Waals surface area contributed by atoms with Gasteiger partial charge in [-0.05, 0) is 24.1 Å². The van der Waals surface area contributed by atoms with Crippen LogP contribution in [0.3, 0.4) is 0 Å². The van der Waals surface area contributed by atoms with Crippen molar-refractivity contribution >= 4 is 15.9 Å². The molecule has 0 fully saturated rings. The minimum absolute atomic E-state index is 0.451. The van der Waals surface area contributed by atoms with Gasteiger partial charge < -0.3 is 0 Å². The highest BCUT2D eigenvalue weighted by Crippen LogP contribution is 2.33. The zero-order valence-corrected chi connectivity index (χ0v) is 8.14. The Kier molecular flexibility index (Phi) is 1.77. The molecule has 0 unspecified atom stereocenters. The van der Waals surface area contributed by atoms with Gasteiger partial charge in [0.05, 0.1) is 4.90 Å². The molecule has 0 aliphatic carbocycles. The first-order valence-corrected chi connectivity index (χ1v) is 5.69. The fourth-order valence-corrected chi connectivity index (χ4v) is 3.17. The van der Waals surface area contributed by atoms with Gasteiger partial charge in [-0.3, -0.25) is 0 Å². The highest BCUT2D eigenvalue weighted by Gasteiger charge is 2.27. The minimum Gasteiger partial charge on any atom is -0.219 e. The summed E-state index contributed by atoms with van der Waals surface area (Å²) in [7, 11) is -3.14. The van der Waals surface area contributed by atoms with Crippen molar-refractivity contribution in [2.75, 3.05) is 0 Å². The number of benzene rings is 1. The van der Waals surface area contributed by atoms with Crippen molar-refractivity contribution in [3.8, 4) is 0 Å². The molecule has 1 aromatic carbocycles. The lowest BCUT2D eigenvalue weighted by atomic mass is 10.2. The van der Waals surface area contributed by atoms with Crippen LogP contribution in [0.4, 0.5) is 0 Å². The highest BCUT2D eigenvalue weighted by atomic mass is 32.2. The minimum atomic E-state index is -3.14. The van der Waals surface area contributed by atoms with E-state index >= 15 is 0 Å². The van der Waals surface area contributed by atoms with Crippen molar-refractivity contribution in [3.05, 3.63) is 34.7 Å². The second-order valence-electron chi connectivity index (χ2n) is 3.01. The molecule has 0 amide bonds. The van der Waals surface area contributed by atoms with E-state index in [9.17, 15) is 8.42 Å². The number of allylic oxidation sites excluding steroid dienone is 1. The predicted molar refractivity (Wildman–Crippen MR) is 51.9 cm³/mol. The molecule has 1 aliphatic heterocycles. The van der Waals surface area contributed by atoms with Crippen molar-refractivity contribution in [3.63, 3.8) is 0 Å². The zero-order chi connectivity index (χ0) is 9.47. The monoisotopic (exact) mass is 194 g/mol. The third kappa shape index (κ3) is 1.11. The van der Waals surface area contributed by atoms with Crippen LogP contribution in [0.1, 0.15) is 18.9 Å². The largest absolute Gasteiger partial charge is 0.219 e. The van der Waals surface area contributed by atoms with Crippen LogP contribution < -0.4 is 0 Å². The van der Waals surface area contributed by atoms with Crippen molar-refractivity contribution < 1.29 is 8.42 Å². The van der Waals surface area contributed by atoms with E-state index in [2.05, 4.69) is 0 Å². The molecule has 1 heterocycles. The van der Waals surface area contributed by atoms with Gasteiger partial charge in [0.15, 0.2) is 0 Å². The van der Waals surface area contributed by atoms with Gasteiger partial charge >= 0.3 is 0 Å². The Labute approximate surface area is 77.8 Å². The molecule has 1 aromatic rings. The van der Waals surface area contributed by atoms with Crippen LogP contribution >= 0.6 is 0 Å². The first-order valence-electron chi connectivity index (χ1n) is 4.21. The van der Waals surface area contributed by atoms with Gasteiger partial charge in [0.1, 0.15) is 0 Å². The topological polar surface area (TPSA) is 34.1 Å². The summed E-state index contributed by atoms with van der Waals surface area (Å²) in [6.45, 7) is 1.86. The molecular formula is C10H10O2S. The second kappa shape index (κ2) is 2.70. The lowest BCUT2D eigenvalue weighted by Crippen LogP contribution is -1.99. The predicted octanol–water partition coefficient (Wildman–Crippen LogP) is 2.22. The molecule has 2 rings (SSSR count). The number of fused-ring (bicyclic) bond motifs is 1. The molecule has 13 heavy (non-hydrogen) atoms. The van der Waals surface area contributed by atoms with Gasteiger partial charge in [0.25, 0.3) is 0 Å². The van der Waals surface area contributed by atoms with Crippen molar-refractivity contribution in [2.24, 2.45) is 0 Å². The number of sulfone groups is 1. The maximum atomic E-state index is 11.7. The average molecular weight is 194 g/mol. The van der Waals surface area contributed by atoms with Crippen LogP contribution in [0.15, 0.2) is 34.1 Å². The molecule has 0 radical (unpaired) electrons. The van der Waals surface area contributed by atoms with Gasteiger partial charge in [-0.1, -0.05) is 25.1 Å². The highest BCUT2D eigenvalue weighted by molar-refractivity contribution is 7.95. The molecule has 2 nitrogen and oxygen atoms in total. The maximum Gasteiger partial charge on any atom is 0.203 e. The SMILES string of the molecule is CCC1=Cc2ccccc2S1(=O)=O. The van der Waals surface area contributed by atoms with Crippen LogP contribution in [0.2, 0.25) is 0 Å². The van der Waals surface area contributed by atoms with Gasteiger partial charge in [-0.25, -0.2) is 8.42 Å². The molecule has 0 saturated carbocycles. The van der Waals surface area contributed by atoms with E-state index in [1.807, 2.05) is 19.1 Å². The summed E-state index contributed by atoms with van der Waals surface area (Å²) in [5.74, 6) is 0. The molecule has 68 valence electrons. The van der Waals surface area contributed by atoms with Crippen molar-refractivity contribution in [1.29, 1.82) is 0 Å². The maximum absolute atomic E-state index is 11.7. The van der Waals surface area contributed by atoms with Gasteiger partial charge in [0, 0.05) is 4.91 Å². The Morgan fingerprint density at radius 1 is 1.23 bits per heavy atom. The molecule has 0 spiro atoms. The molecule has 3 heteroatoms. The van der Waals surface area contributed by atoms with E-state index in [1.165, 1.54) is 0 Å². The summed E-state index contributed by atoms with van der Waals surface area (Å²) < 4.78 is 23.5. The molecule has 0 bridgehead atoms. The Morgan fingerprint density at radius 2 is 1.92 bits per heavy atom. The quantitative estimate of drug-likeness (QED) is 0.687. The summed E-state index contributed by atoms with van der Waals surface area (Å²) in [6, 6.07) is 7.09. The first kappa shape index (κ1) is 8.51. The summed E-state index contributed by atoms with van der Waals surface area (Å²) >= 11 is 0. The van der Waals surface area contributed by atoms with Crippen LogP contribution in [-0.4, -0.2) is 8.42 Å². The fraction of sp³-hybridized carbons (Fsp3) is 0.200. The first-order chi connectivity index (χ1) is 6.16. The Hall–Kier alpha value is -1.09. The van der Waals surface area contributed by atoms with E-state index in [0.717, 1.165) is 5.56 Å². The van der Waals surface area contributed by atoms with Gasteiger partial charge in [-0.15, -0.1) is 0 Å². The van der Waals surface area contributed by atoms with E-state index < -0.39 is 9.84 Å². The van der Waals surface area contributed by atoms with Crippen molar-refractivity contribution in [2.45, 2.75) is 18.2 Å². The lowest BCUT2D eigenvalue weighted by Gasteiger charge is -1.99. The summed E-state index contributed by atoms with van der Waals surface area (Å²) in [4.78, 5) is 0.973. The molecule has 0 atom stereocenters. The van der Waals surface area contributed by atoms with E-state index in [-0.39, 0.29) is 0 Å². The fourth-order valence-electron chi connectivity index (χ4n) is 1.53.